The molecule has 2 amide bonds. The Morgan fingerprint density at radius 2 is 1.85 bits per heavy atom. The van der Waals surface area contributed by atoms with Crippen molar-refractivity contribution >= 4 is 50.5 Å². The minimum atomic E-state index is -1.10. The zero-order valence-corrected chi connectivity index (χ0v) is 23.4. The Bertz CT molecular complexity index is 1570. The van der Waals surface area contributed by atoms with Crippen LogP contribution >= 0.6 is 15.9 Å². The molecule has 5 N–H and O–H groups in total. The summed E-state index contributed by atoms with van der Waals surface area (Å²) in [5.41, 5.74) is 5.00. The number of H-pyrrole nitrogens is 1. The lowest BCUT2D eigenvalue weighted by atomic mass is 9.75. The molecule has 0 saturated carbocycles. The molecule has 1 aromatic heterocycles. The first kappa shape index (κ1) is 27.4. The van der Waals surface area contributed by atoms with Crippen LogP contribution in [0.2, 0.25) is 0 Å². The molecule has 0 radical (unpaired) electrons. The van der Waals surface area contributed by atoms with Gasteiger partial charge in [-0.05, 0) is 92.0 Å². The monoisotopic (exact) mass is 604 g/mol. The number of rotatable bonds is 8. The molecule has 0 saturated heterocycles. The molecule has 1 aliphatic carbocycles. The first-order valence-electron chi connectivity index (χ1n) is 12.9. The van der Waals surface area contributed by atoms with Gasteiger partial charge < -0.3 is 25.5 Å². The van der Waals surface area contributed by atoms with Crippen molar-refractivity contribution in [1.29, 1.82) is 0 Å². The number of halogens is 1. The maximum absolute atomic E-state index is 12.9. The number of aliphatic carboxylic acids is 1. The van der Waals surface area contributed by atoms with Crippen LogP contribution in [0.5, 0.6) is 5.75 Å². The summed E-state index contributed by atoms with van der Waals surface area (Å²) >= 11 is 3.37. The molecule has 0 aliphatic heterocycles. The van der Waals surface area contributed by atoms with Crippen molar-refractivity contribution in [2.45, 2.75) is 18.8 Å². The van der Waals surface area contributed by atoms with Crippen molar-refractivity contribution in [2.75, 3.05) is 25.5 Å². The van der Waals surface area contributed by atoms with E-state index >= 15 is 0 Å². The number of carboxylic acids is 1. The van der Waals surface area contributed by atoms with E-state index in [1.165, 1.54) is 0 Å². The van der Waals surface area contributed by atoms with E-state index in [2.05, 4.69) is 36.9 Å². The van der Waals surface area contributed by atoms with E-state index < -0.39 is 24.5 Å². The summed E-state index contributed by atoms with van der Waals surface area (Å²) in [4.78, 5) is 40.1. The van der Waals surface area contributed by atoms with Gasteiger partial charge in [-0.1, -0.05) is 34.1 Å². The molecule has 4 aromatic rings. The zero-order chi connectivity index (χ0) is 28.2. The minimum Gasteiger partial charge on any atom is -0.480 e. The Hall–Kier alpha value is -4.15. The van der Waals surface area contributed by atoms with Gasteiger partial charge >= 0.3 is 12.1 Å². The highest BCUT2D eigenvalue weighted by molar-refractivity contribution is 9.10. The Morgan fingerprint density at radius 3 is 2.60 bits per heavy atom. The molecule has 3 aromatic carbocycles. The Balaban J connectivity index is 1.47. The van der Waals surface area contributed by atoms with Crippen LogP contribution in [-0.2, 0) is 11.2 Å². The fourth-order valence-corrected chi connectivity index (χ4v) is 5.69. The molecule has 0 bridgehead atoms. The van der Waals surface area contributed by atoms with Crippen molar-refractivity contribution in [3.05, 3.63) is 93.6 Å². The van der Waals surface area contributed by atoms with E-state index in [4.69, 9.17) is 9.84 Å². The number of fused-ring (bicyclic) bond motifs is 3. The number of benzene rings is 3. The Morgan fingerprint density at radius 1 is 1.07 bits per heavy atom. The molecule has 1 aliphatic rings. The Kier molecular flexibility index (Phi) is 8.18. The summed E-state index contributed by atoms with van der Waals surface area (Å²) in [7, 11) is 1.92. The molecule has 10 heteroatoms. The number of hydrogen-bond acceptors (Lipinski definition) is 5. The minimum absolute atomic E-state index is 0.0972. The van der Waals surface area contributed by atoms with Crippen LogP contribution in [-0.4, -0.2) is 48.2 Å². The van der Waals surface area contributed by atoms with Gasteiger partial charge in [0.2, 0.25) is 0 Å². The predicted octanol–water partition coefficient (Wildman–Crippen LogP) is 5.27. The summed E-state index contributed by atoms with van der Waals surface area (Å²) in [6.45, 7) is 0.353. The van der Waals surface area contributed by atoms with Gasteiger partial charge in [-0.25, -0.2) is 4.79 Å². The van der Waals surface area contributed by atoms with Gasteiger partial charge in [0.1, 0.15) is 12.3 Å². The number of aromatic amines is 1. The molecular weight excluding hydrogens is 576 g/mol. The second-order valence-corrected chi connectivity index (χ2v) is 10.7. The third kappa shape index (κ3) is 6.03. The summed E-state index contributed by atoms with van der Waals surface area (Å²) in [5, 5.41) is 18.6. The van der Waals surface area contributed by atoms with Gasteiger partial charge in [-0.2, -0.15) is 0 Å². The van der Waals surface area contributed by atoms with E-state index in [0.29, 0.717) is 22.9 Å². The van der Waals surface area contributed by atoms with Gasteiger partial charge in [0.25, 0.3) is 5.91 Å². The predicted molar refractivity (Wildman–Crippen MR) is 156 cm³/mol. The normalized spacial score (nSPS) is 16.2. The fraction of sp³-hybridized carbons (Fsp3) is 0.233. The highest BCUT2D eigenvalue weighted by atomic mass is 79.9. The van der Waals surface area contributed by atoms with Crippen LogP contribution in [0, 0.1) is 5.92 Å². The van der Waals surface area contributed by atoms with Crippen molar-refractivity contribution in [1.82, 2.24) is 15.6 Å². The number of ether oxygens (including phenoxy) is 1. The third-order valence-corrected chi connectivity index (χ3v) is 7.62. The number of hydrogen-bond donors (Lipinski definition) is 5. The maximum Gasteiger partial charge on any atom is 0.417 e. The number of carbonyl (C=O) groups is 3. The lowest BCUT2D eigenvalue weighted by molar-refractivity contribution is -0.135. The summed E-state index contributed by atoms with van der Waals surface area (Å²) in [6, 6.07) is 20.0. The van der Waals surface area contributed by atoms with Gasteiger partial charge in [-0.3, -0.25) is 14.9 Å². The largest absolute Gasteiger partial charge is 0.480 e. The topological polar surface area (TPSA) is 133 Å². The van der Waals surface area contributed by atoms with E-state index in [1.54, 1.807) is 36.4 Å². The SMILES string of the molecule is CNCC1Cc2c([nH]c3ccc(NC(=O)Oc4ccc(Br)cc4)cc23)C(c2ccccc2C(=O)NCC(=O)O)C1. The van der Waals surface area contributed by atoms with Crippen LogP contribution in [0.1, 0.15) is 39.5 Å². The van der Waals surface area contributed by atoms with Gasteiger partial charge in [0.15, 0.2) is 0 Å². The zero-order valence-electron chi connectivity index (χ0n) is 21.8. The molecular formula is C30H29BrN4O5. The first-order valence-corrected chi connectivity index (χ1v) is 13.7. The summed E-state index contributed by atoms with van der Waals surface area (Å²) in [6.07, 6.45) is 1.06. The average molecular weight is 605 g/mol. The standard InChI is InChI=1S/C30H29BrN4O5/c1-32-15-17-12-24(21-4-2-3-5-22(21)29(38)33-16-27(36)37)28-25(13-17)23-14-19(8-11-26(23)35-28)34-30(39)40-20-9-6-18(31)7-10-20/h2-11,14,17,24,32,35H,12-13,15-16H2,1H3,(H,33,38)(H,34,39)(H,36,37). The number of anilines is 1. The van der Waals surface area contributed by atoms with E-state index in [9.17, 15) is 14.4 Å². The van der Waals surface area contributed by atoms with Crippen molar-refractivity contribution in [3.8, 4) is 5.75 Å². The van der Waals surface area contributed by atoms with Crippen LogP contribution in [0.4, 0.5) is 10.5 Å². The summed E-state index contributed by atoms with van der Waals surface area (Å²) in [5.74, 6) is -0.872. The van der Waals surface area contributed by atoms with Crippen molar-refractivity contribution < 1.29 is 24.2 Å². The van der Waals surface area contributed by atoms with Crippen molar-refractivity contribution in [3.63, 3.8) is 0 Å². The van der Waals surface area contributed by atoms with E-state index in [0.717, 1.165) is 51.6 Å². The third-order valence-electron chi connectivity index (χ3n) is 7.09. The maximum atomic E-state index is 12.9. The molecule has 2 atom stereocenters. The molecule has 9 nitrogen and oxygen atoms in total. The lowest BCUT2D eigenvalue weighted by Crippen LogP contribution is -2.31. The Labute approximate surface area is 239 Å². The van der Waals surface area contributed by atoms with Gasteiger partial charge in [-0.15, -0.1) is 0 Å². The van der Waals surface area contributed by atoms with Crippen LogP contribution in [0.25, 0.3) is 10.9 Å². The van der Waals surface area contributed by atoms with Crippen LogP contribution in [0.3, 0.4) is 0 Å². The van der Waals surface area contributed by atoms with E-state index in [-0.39, 0.29) is 5.92 Å². The van der Waals surface area contributed by atoms with Gasteiger partial charge in [0, 0.05) is 38.2 Å². The smallest absolute Gasteiger partial charge is 0.417 e. The molecule has 0 fully saturated rings. The number of carbonyl (C=O) groups excluding carboxylic acids is 2. The second-order valence-electron chi connectivity index (χ2n) is 9.83. The first-order chi connectivity index (χ1) is 19.3. The number of aromatic nitrogens is 1. The number of nitrogens with one attached hydrogen (secondary N) is 4. The fourth-order valence-electron chi connectivity index (χ4n) is 5.43. The highest BCUT2D eigenvalue weighted by Gasteiger charge is 2.33. The molecule has 2 unspecified atom stereocenters. The highest BCUT2D eigenvalue weighted by Crippen LogP contribution is 2.43. The molecule has 5 rings (SSSR count). The molecule has 0 spiro atoms. The number of amides is 2. The number of carboxylic acid groups (broad SMARTS) is 1. The lowest BCUT2D eigenvalue weighted by Gasteiger charge is -2.31. The molecule has 1 heterocycles. The van der Waals surface area contributed by atoms with Crippen LogP contribution < -0.4 is 20.7 Å². The second kappa shape index (κ2) is 11.9. The van der Waals surface area contributed by atoms with Crippen molar-refractivity contribution in [2.24, 2.45) is 5.92 Å². The molecule has 40 heavy (non-hydrogen) atoms. The summed E-state index contributed by atoms with van der Waals surface area (Å²) < 4.78 is 6.30. The quantitative estimate of drug-likeness (QED) is 0.186. The van der Waals surface area contributed by atoms with E-state index in [1.807, 2.05) is 37.4 Å². The molecule has 206 valence electrons. The van der Waals surface area contributed by atoms with Gasteiger partial charge in [0.05, 0.1) is 0 Å². The van der Waals surface area contributed by atoms with Crippen LogP contribution in [0.15, 0.2) is 71.2 Å². The average Bonchev–Trinajstić information content (AvgIpc) is 3.30.